The first kappa shape index (κ1) is 31.8. The molecular formula is C28H53NO6. The highest BCUT2D eigenvalue weighted by molar-refractivity contribution is 5.73. The van der Waals surface area contributed by atoms with Crippen LogP contribution >= 0.6 is 0 Å². The molecule has 0 N–H and O–H groups in total. The molecule has 1 fully saturated rings. The Hall–Kier alpha value is -1.18. The van der Waals surface area contributed by atoms with Crippen LogP contribution in [-0.4, -0.2) is 77.6 Å². The summed E-state index contributed by atoms with van der Waals surface area (Å²) in [7, 11) is 6.95. The second-order valence-electron chi connectivity index (χ2n) is 10.3. The van der Waals surface area contributed by atoms with Crippen molar-refractivity contribution in [3.8, 4) is 0 Å². The van der Waals surface area contributed by atoms with Gasteiger partial charge in [-0.3, -0.25) is 9.59 Å². The van der Waals surface area contributed by atoms with Crippen LogP contribution in [0.15, 0.2) is 0 Å². The van der Waals surface area contributed by atoms with Crippen molar-refractivity contribution in [2.24, 2.45) is 17.8 Å². The predicted molar refractivity (Wildman–Crippen MR) is 139 cm³/mol. The standard InChI is InChI=1S/C28H53NO6/c1-6-7-8-9-10-11-15-23-20-26(23)25(28(31)33-5)16-12-13-18-34-21-24(29(2)3)22-35-19-14-17-27(30)32-4/h23-26H,6-22H2,1-5H3. The molecule has 7 nitrogen and oxygen atoms in total. The number of nitrogens with zero attached hydrogens (tertiary/aromatic N) is 1. The number of carbonyl (C=O) groups is 2. The highest BCUT2D eigenvalue weighted by atomic mass is 16.5. The first-order valence-electron chi connectivity index (χ1n) is 13.9. The lowest BCUT2D eigenvalue weighted by atomic mass is 9.94. The maximum Gasteiger partial charge on any atom is 0.308 e. The molecule has 1 aliphatic rings. The van der Waals surface area contributed by atoms with E-state index < -0.39 is 0 Å². The Morgan fingerprint density at radius 3 is 2.14 bits per heavy atom. The number of ether oxygens (including phenoxy) is 4. The number of rotatable bonds is 23. The fourth-order valence-electron chi connectivity index (χ4n) is 4.71. The molecule has 0 aliphatic heterocycles. The van der Waals surface area contributed by atoms with Gasteiger partial charge in [-0.05, 0) is 51.6 Å². The lowest BCUT2D eigenvalue weighted by molar-refractivity contribution is -0.146. The van der Waals surface area contributed by atoms with Gasteiger partial charge in [0.1, 0.15) is 0 Å². The molecule has 0 aromatic rings. The predicted octanol–water partition coefficient (Wildman–Crippen LogP) is 5.25. The summed E-state index contributed by atoms with van der Waals surface area (Å²) in [5.74, 6) is 1.06. The molecule has 1 rings (SSSR count). The van der Waals surface area contributed by atoms with Gasteiger partial charge in [-0.1, -0.05) is 58.3 Å². The quantitative estimate of drug-likeness (QED) is 0.140. The third kappa shape index (κ3) is 14.8. The van der Waals surface area contributed by atoms with E-state index in [2.05, 4.69) is 16.6 Å². The summed E-state index contributed by atoms with van der Waals surface area (Å²) in [6.45, 7) is 4.65. The van der Waals surface area contributed by atoms with Crippen LogP contribution in [-0.2, 0) is 28.5 Å². The summed E-state index contributed by atoms with van der Waals surface area (Å²) in [6, 6.07) is 0.171. The number of hydrogen-bond donors (Lipinski definition) is 0. The lowest BCUT2D eigenvalue weighted by Crippen LogP contribution is -2.37. The van der Waals surface area contributed by atoms with Gasteiger partial charge in [-0.2, -0.15) is 0 Å². The molecule has 7 heteroatoms. The number of unbranched alkanes of at least 4 members (excludes halogenated alkanes) is 6. The van der Waals surface area contributed by atoms with Crippen molar-refractivity contribution in [1.82, 2.24) is 4.90 Å². The third-order valence-electron chi connectivity index (χ3n) is 7.23. The van der Waals surface area contributed by atoms with E-state index in [4.69, 9.17) is 14.2 Å². The second kappa shape index (κ2) is 19.9. The summed E-state index contributed by atoms with van der Waals surface area (Å²) in [6.07, 6.45) is 14.3. The summed E-state index contributed by atoms with van der Waals surface area (Å²) in [5.41, 5.74) is 0. The number of methoxy groups -OCH3 is 2. The molecule has 206 valence electrons. The van der Waals surface area contributed by atoms with Crippen molar-refractivity contribution in [1.29, 1.82) is 0 Å². The SMILES string of the molecule is CCCCCCCCC1CC1C(CCCCOCC(COCCCC(=O)OC)N(C)C)C(=O)OC. The summed E-state index contributed by atoms with van der Waals surface area (Å²) in [5, 5.41) is 0. The zero-order chi connectivity index (χ0) is 25.9. The van der Waals surface area contributed by atoms with Crippen LogP contribution in [0, 0.1) is 17.8 Å². The Morgan fingerprint density at radius 2 is 1.51 bits per heavy atom. The molecule has 4 atom stereocenters. The summed E-state index contributed by atoms with van der Waals surface area (Å²) < 4.78 is 21.4. The van der Waals surface area contributed by atoms with Gasteiger partial charge in [0.05, 0.1) is 39.4 Å². The van der Waals surface area contributed by atoms with E-state index in [1.807, 2.05) is 14.1 Å². The molecule has 0 bridgehead atoms. The number of carbonyl (C=O) groups excluding carboxylic acids is 2. The zero-order valence-electron chi connectivity index (χ0n) is 23.2. The molecule has 1 saturated carbocycles. The smallest absolute Gasteiger partial charge is 0.308 e. The Labute approximate surface area is 214 Å². The van der Waals surface area contributed by atoms with Gasteiger partial charge in [0.2, 0.25) is 0 Å². The Morgan fingerprint density at radius 1 is 0.857 bits per heavy atom. The Balaban J connectivity index is 2.18. The van der Waals surface area contributed by atoms with Gasteiger partial charge >= 0.3 is 11.9 Å². The van der Waals surface area contributed by atoms with Crippen LogP contribution in [0.2, 0.25) is 0 Å². The van der Waals surface area contributed by atoms with Gasteiger partial charge in [-0.15, -0.1) is 0 Å². The minimum Gasteiger partial charge on any atom is -0.469 e. The summed E-state index contributed by atoms with van der Waals surface area (Å²) >= 11 is 0. The fourth-order valence-corrected chi connectivity index (χ4v) is 4.71. The van der Waals surface area contributed by atoms with E-state index in [-0.39, 0.29) is 23.9 Å². The first-order valence-corrected chi connectivity index (χ1v) is 13.9. The van der Waals surface area contributed by atoms with Crippen LogP contribution in [0.1, 0.15) is 90.4 Å². The van der Waals surface area contributed by atoms with Crippen molar-refractivity contribution in [2.45, 2.75) is 96.4 Å². The maximum absolute atomic E-state index is 12.4. The molecule has 0 aromatic heterocycles. The summed E-state index contributed by atoms with van der Waals surface area (Å²) in [4.78, 5) is 25.6. The van der Waals surface area contributed by atoms with Crippen LogP contribution in [0.25, 0.3) is 0 Å². The number of hydrogen-bond acceptors (Lipinski definition) is 7. The van der Waals surface area contributed by atoms with Crippen LogP contribution in [0.3, 0.4) is 0 Å². The third-order valence-corrected chi connectivity index (χ3v) is 7.23. The highest BCUT2D eigenvalue weighted by Gasteiger charge is 2.45. The molecule has 0 spiro atoms. The van der Waals surface area contributed by atoms with Crippen LogP contribution in [0.4, 0.5) is 0 Å². The Bertz CT molecular complexity index is 556. The average molecular weight is 500 g/mol. The molecule has 35 heavy (non-hydrogen) atoms. The molecule has 0 heterocycles. The van der Waals surface area contributed by atoms with E-state index in [0.29, 0.717) is 45.2 Å². The topological polar surface area (TPSA) is 74.3 Å². The molecule has 0 amide bonds. The lowest BCUT2D eigenvalue weighted by Gasteiger charge is -2.24. The second-order valence-corrected chi connectivity index (χ2v) is 10.3. The van der Waals surface area contributed by atoms with Gasteiger partial charge in [-0.25, -0.2) is 0 Å². The Kier molecular flexibility index (Phi) is 18.1. The molecule has 0 aromatic carbocycles. The van der Waals surface area contributed by atoms with E-state index in [0.717, 1.165) is 25.2 Å². The van der Waals surface area contributed by atoms with Crippen molar-refractivity contribution >= 4 is 11.9 Å². The molecule has 0 saturated heterocycles. The minimum absolute atomic E-state index is 0.0293. The largest absolute Gasteiger partial charge is 0.469 e. The maximum atomic E-state index is 12.4. The van der Waals surface area contributed by atoms with E-state index in [1.165, 1.54) is 65.6 Å². The fraction of sp³-hybridized carbons (Fsp3) is 0.929. The van der Waals surface area contributed by atoms with Crippen molar-refractivity contribution < 1.29 is 28.5 Å². The van der Waals surface area contributed by atoms with E-state index >= 15 is 0 Å². The first-order chi connectivity index (χ1) is 16.9. The van der Waals surface area contributed by atoms with E-state index in [9.17, 15) is 9.59 Å². The van der Waals surface area contributed by atoms with Crippen LogP contribution < -0.4 is 0 Å². The average Bonchev–Trinajstić information content (AvgIpc) is 3.62. The van der Waals surface area contributed by atoms with Crippen molar-refractivity contribution in [3.05, 3.63) is 0 Å². The highest BCUT2D eigenvalue weighted by Crippen LogP contribution is 2.49. The van der Waals surface area contributed by atoms with Crippen molar-refractivity contribution in [3.63, 3.8) is 0 Å². The normalized spacial score (nSPS) is 18.9. The molecule has 4 unspecified atom stereocenters. The molecular weight excluding hydrogens is 446 g/mol. The van der Waals surface area contributed by atoms with Gasteiger partial charge in [0.25, 0.3) is 0 Å². The van der Waals surface area contributed by atoms with Gasteiger partial charge in [0.15, 0.2) is 0 Å². The van der Waals surface area contributed by atoms with E-state index in [1.54, 1.807) is 0 Å². The van der Waals surface area contributed by atoms with Gasteiger partial charge < -0.3 is 23.8 Å². The number of esters is 2. The number of likely N-dealkylation sites (N-methyl/N-ethyl adjacent to an activating group) is 1. The monoisotopic (exact) mass is 499 g/mol. The molecule has 0 radical (unpaired) electrons. The molecule has 1 aliphatic carbocycles. The zero-order valence-corrected chi connectivity index (χ0v) is 23.2. The van der Waals surface area contributed by atoms with Crippen molar-refractivity contribution in [2.75, 3.05) is 54.7 Å². The van der Waals surface area contributed by atoms with Crippen LogP contribution in [0.5, 0.6) is 0 Å². The minimum atomic E-state index is -0.203. The van der Waals surface area contributed by atoms with Gasteiger partial charge in [0, 0.05) is 19.6 Å².